The Bertz CT molecular complexity index is 691. The minimum Gasteiger partial charge on any atom is -0.462 e. The molecule has 1 aromatic carbocycles. The van der Waals surface area contributed by atoms with Crippen LogP contribution in [0.4, 0.5) is 0 Å². The first-order valence-electron chi connectivity index (χ1n) is 7.39. The van der Waals surface area contributed by atoms with Crippen molar-refractivity contribution in [2.24, 2.45) is 0 Å². The SMILES string of the molecule is CCOC(=O)c1cc2n(c1)CCN(Cc1ccccc1)C2=O. The summed E-state index contributed by atoms with van der Waals surface area (Å²) >= 11 is 0. The normalized spacial score (nSPS) is 13.9. The Labute approximate surface area is 129 Å². The molecule has 5 nitrogen and oxygen atoms in total. The maximum atomic E-state index is 12.6. The number of esters is 1. The molecule has 0 spiro atoms. The third-order valence-corrected chi connectivity index (χ3v) is 3.74. The molecular formula is C17H18N2O3. The van der Waals surface area contributed by atoms with E-state index in [4.69, 9.17) is 4.74 Å². The van der Waals surface area contributed by atoms with E-state index in [1.807, 2.05) is 34.9 Å². The van der Waals surface area contributed by atoms with E-state index in [0.717, 1.165) is 5.56 Å². The second kappa shape index (κ2) is 6.05. The van der Waals surface area contributed by atoms with E-state index >= 15 is 0 Å². The molecule has 1 aromatic heterocycles. The van der Waals surface area contributed by atoms with Crippen molar-refractivity contribution in [3.8, 4) is 0 Å². The van der Waals surface area contributed by atoms with Crippen LogP contribution in [0.15, 0.2) is 42.6 Å². The lowest BCUT2D eigenvalue weighted by molar-refractivity contribution is 0.0526. The predicted molar refractivity (Wildman–Crippen MR) is 81.6 cm³/mol. The number of benzene rings is 1. The second-order valence-electron chi connectivity index (χ2n) is 5.24. The summed E-state index contributed by atoms with van der Waals surface area (Å²) in [5.74, 6) is -0.433. The molecule has 2 heterocycles. The van der Waals surface area contributed by atoms with E-state index in [1.165, 1.54) is 0 Å². The molecule has 0 saturated heterocycles. The minimum atomic E-state index is -0.383. The van der Waals surface area contributed by atoms with Crippen LogP contribution in [0.3, 0.4) is 0 Å². The molecule has 114 valence electrons. The van der Waals surface area contributed by atoms with Crippen molar-refractivity contribution >= 4 is 11.9 Å². The average molecular weight is 298 g/mol. The summed E-state index contributed by atoms with van der Waals surface area (Å²) in [6, 6.07) is 11.5. The first-order valence-corrected chi connectivity index (χ1v) is 7.39. The van der Waals surface area contributed by atoms with Crippen molar-refractivity contribution in [1.82, 2.24) is 9.47 Å². The quantitative estimate of drug-likeness (QED) is 0.814. The van der Waals surface area contributed by atoms with Gasteiger partial charge in [0.25, 0.3) is 5.91 Å². The summed E-state index contributed by atoms with van der Waals surface area (Å²) in [4.78, 5) is 26.2. The molecule has 0 bridgehead atoms. The molecular weight excluding hydrogens is 280 g/mol. The number of rotatable bonds is 4. The summed E-state index contributed by atoms with van der Waals surface area (Å²) in [6.45, 7) is 4.00. The molecule has 5 heteroatoms. The van der Waals surface area contributed by atoms with Crippen LogP contribution < -0.4 is 0 Å². The lowest BCUT2D eigenvalue weighted by Crippen LogP contribution is -2.39. The van der Waals surface area contributed by atoms with Gasteiger partial charge in [0.05, 0.1) is 12.2 Å². The van der Waals surface area contributed by atoms with E-state index in [2.05, 4.69) is 0 Å². The number of amides is 1. The van der Waals surface area contributed by atoms with Crippen molar-refractivity contribution in [3.63, 3.8) is 0 Å². The van der Waals surface area contributed by atoms with Gasteiger partial charge < -0.3 is 14.2 Å². The minimum absolute atomic E-state index is 0.0503. The van der Waals surface area contributed by atoms with Gasteiger partial charge in [0.2, 0.25) is 0 Å². The third kappa shape index (κ3) is 2.74. The van der Waals surface area contributed by atoms with Crippen LogP contribution in [0.5, 0.6) is 0 Å². The first-order chi connectivity index (χ1) is 10.7. The van der Waals surface area contributed by atoms with Crippen LogP contribution in [0.1, 0.15) is 33.3 Å². The number of hydrogen-bond donors (Lipinski definition) is 0. The number of fused-ring (bicyclic) bond motifs is 1. The van der Waals surface area contributed by atoms with Gasteiger partial charge in [-0.25, -0.2) is 4.79 Å². The monoisotopic (exact) mass is 298 g/mol. The highest BCUT2D eigenvalue weighted by Gasteiger charge is 2.26. The maximum absolute atomic E-state index is 12.6. The highest BCUT2D eigenvalue weighted by atomic mass is 16.5. The lowest BCUT2D eigenvalue weighted by atomic mass is 10.2. The predicted octanol–water partition coefficient (Wildman–Crippen LogP) is 2.32. The molecule has 3 rings (SSSR count). The molecule has 0 radical (unpaired) electrons. The zero-order valence-electron chi connectivity index (χ0n) is 12.5. The van der Waals surface area contributed by atoms with Gasteiger partial charge in [-0.1, -0.05) is 30.3 Å². The molecule has 0 unspecified atom stereocenters. The Morgan fingerprint density at radius 2 is 2.00 bits per heavy atom. The molecule has 1 amide bonds. The number of carbonyl (C=O) groups excluding carboxylic acids is 2. The summed E-state index contributed by atoms with van der Waals surface area (Å²) in [5, 5.41) is 0. The van der Waals surface area contributed by atoms with Gasteiger partial charge in [-0.15, -0.1) is 0 Å². The fourth-order valence-corrected chi connectivity index (χ4v) is 2.65. The van der Waals surface area contributed by atoms with E-state index in [1.54, 1.807) is 24.1 Å². The lowest BCUT2D eigenvalue weighted by Gasteiger charge is -2.28. The van der Waals surface area contributed by atoms with Gasteiger partial charge in [-0.05, 0) is 18.6 Å². The molecule has 1 aliphatic heterocycles. The van der Waals surface area contributed by atoms with Crippen molar-refractivity contribution in [2.45, 2.75) is 20.0 Å². The van der Waals surface area contributed by atoms with Crippen molar-refractivity contribution in [1.29, 1.82) is 0 Å². The summed E-state index contributed by atoms with van der Waals surface area (Å²) in [6.07, 6.45) is 1.70. The van der Waals surface area contributed by atoms with Gasteiger partial charge in [0, 0.05) is 25.8 Å². The van der Waals surface area contributed by atoms with E-state index in [9.17, 15) is 9.59 Å². The summed E-state index contributed by atoms with van der Waals surface area (Å²) in [7, 11) is 0. The largest absolute Gasteiger partial charge is 0.462 e. The molecule has 0 fully saturated rings. The smallest absolute Gasteiger partial charge is 0.339 e. The Morgan fingerprint density at radius 1 is 1.23 bits per heavy atom. The third-order valence-electron chi connectivity index (χ3n) is 3.74. The highest BCUT2D eigenvalue weighted by molar-refractivity contribution is 5.97. The fraction of sp³-hybridized carbons (Fsp3) is 0.294. The number of ether oxygens (including phenoxy) is 1. The van der Waals surface area contributed by atoms with E-state index < -0.39 is 0 Å². The topological polar surface area (TPSA) is 51.5 Å². The van der Waals surface area contributed by atoms with Crippen LogP contribution >= 0.6 is 0 Å². The first kappa shape index (κ1) is 14.4. The second-order valence-corrected chi connectivity index (χ2v) is 5.24. The average Bonchev–Trinajstić information content (AvgIpc) is 2.97. The van der Waals surface area contributed by atoms with Crippen LogP contribution in [-0.4, -0.2) is 34.5 Å². The van der Waals surface area contributed by atoms with E-state index in [0.29, 0.717) is 37.5 Å². The summed E-state index contributed by atoms with van der Waals surface area (Å²) < 4.78 is 6.82. The molecule has 22 heavy (non-hydrogen) atoms. The van der Waals surface area contributed by atoms with Crippen LogP contribution in [-0.2, 0) is 17.8 Å². The number of carbonyl (C=O) groups is 2. The molecule has 0 N–H and O–H groups in total. The van der Waals surface area contributed by atoms with Crippen LogP contribution in [0.25, 0.3) is 0 Å². The molecule has 0 saturated carbocycles. The number of hydrogen-bond acceptors (Lipinski definition) is 3. The molecule has 2 aromatic rings. The highest BCUT2D eigenvalue weighted by Crippen LogP contribution is 2.19. The summed E-state index contributed by atoms with van der Waals surface area (Å²) in [5.41, 5.74) is 2.08. The molecule has 1 aliphatic rings. The maximum Gasteiger partial charge on any atom is 0.339 e. The van der Waals surface area contributed by atoms with Crippen molar-refractivity contribution < 1.29 is 14.3 Å². The Kier molecular flexibility index (Phi) is 3.96. The Balaban J connectivity index is 1.79. The van der Waals surface area contributed by atoms with Gasteiger partial charge in [-0.3, -0.25) is 4.79 Å². The van der Waals surface area contributed by atoms with Crippen LogP contribution in [0, 0.1) is 0 Å². The van der Waals surface area contributed by atoms with Gasteiger partial charge in [-0.2, -0.15) is 0 Å². The van der Waals surface area contributed by atoms with Gasteiger partial charge >= 0.3 is 5.97 Å². The molecule has 0 atom stereocenters. The number of aromatic nitrogens is 1. The van der Waals surface area contributed by atoms with Gasteiger partial charge in [0.15, 0.2) is 0 Å². The van der Waals surface area contributed by atoms with Crippen molar-refractivity contribution in [2.75, 3.05) is 13.2 Å². The van der Waals surface area contributed by atoms with Crippen LogP contribution in [0.2, 0.25) is 0 Å². The Morgan fingerprint density at radius 3 is 2.73 bits per heavy atom. The zero-order valence-corrected chi connectivity index (χ0v) is 12.5. The standard InChI is InChI=1S/C17H18N2O3/c1-2-22-17(21)14-10-15-16(20)19(9-8-18(15)12-14)11-13-6-4-3-5-7-13/h3-7,10,12H,2,8-9,11H2,1H3. The fourth-order valence-electron chi connectivity index (χ4n) is 2.65. The van der Waals surface area contributed by atoms with Crippen molar-refractivity contribution in [3.05, 3.63) is 59.4 Å². The molecule has 0 aliphatic carbocycles. The van der Waals surface area contributed by atoms with E-state index in [-0.39, 0.29) is 11.9 Å². The van der Waals surface area contributed by atoms with Gasteiger partial charge in [0.1, 0.15) is 5.69 Å². The number of nitrogens with zero attached hydrogens (tertiary/aromatic N) is 2. The zero-order chi connectivity index (χ0) is 15.5. The Hall–Kier alpha value is -2.56.